The van der Waals surface area contributed by atoms with Gasteiger partial charge in [0, 0.05) is 43.9 Å². The average Bonchev–Trinajstić information content (AvgIpc) is 3.25. The number of nitrogens with zero attached hydrogens (tertiary/aromatic N) is 6. The molecule has 13 heteroatoms. The maximum absolute atomic E-state index is 14.2. The molecule has 0 amide bonds. The van der Waals surface area contributed by atoms with Crippen molar-refractivity contribution in [2.24, 2.45) is 0 Å². The first kappa shape index (κ1) is 24.0. The fourth-order valence-corrected chi connectivity index (χ4v) is 5.58. The van der Waals surface area contributed by atoms with Gasteiger partial charge in [0.25, 0.3) is 5.78 Å². The molecule has 0 unspecified atom stereocenters. The summed E-state index contributed by atoms with van der Waals surface area (Å²) in [5, 5.41) is 4.25. The number of carbonyl (C=O) groups excluding carboxylic acids is 1. The topological polar surface area (TPSA) is 110 Å². The number of rotatable bonds is 7. The highest BCUT2D eigenvalue weighted by Gasteiger charge is 2.34. The predicted molar refractivity (Wildman–Crippen MR) is 118 cm³/mol. The standard InChI is InChI=1S/C21H24F2N6O4S/c1-3-33-18(30)8-7-15-14(2)26-21-24-13-25-29(21)20(15)27-9-11-28(12-10-27)34(31,32)19-16(22)5-4-6-17(19)23/h4-6,13H,3,7-12H2,1-2H3. The number of esters is 1. The Morgan fingerprint density at radius 1 is 1.15 bits per heavy atom. The smallest absolute Gasteiger partial charge is 0.306 e. The Balaban J connectivity index is 1.61. The normalized spacial score (nSPS) is 15.1. The fourth-order valence-electron chi connectivity index (χ4n) is 4.04. The maximum atomic E-state index is 14.2. The number of hydrogen-bond donors (Lipinski definition) is 0. The molecule has 1 aromatic carbocycles. The number of anilines is 1. The maximum Gasteiger partial charge on any atom is 0.306 e. The lowest BCUT2D eigenvalue weighted by Crippen LogP contribution is -2.49. The van der Waals surface area contributed by atoms with Crippen molar-refractivity contribution in [1.29, 1.82) is 0 Å². The first-order valence-corrected chi connectivity index (χ1v) is 12.2. The molecule has 0 radical (unpaired) electrons. The molecule has 1 aliphatic rings. The number of fused-ring (bicyclic) bond motifs is 1. The van der Waals surface area contributed by atoms with E-state index in [4.69, 9.17) is 4.74 Å². The average molecular weight is 495 g/mol. The van der Waals surface area contributed by atoms with Crippen molar-refractivity contribution in [3.05, 3.63) is 47.4 Å². The molecule has 0 aliphatic carbocycles. The van der Waals surface area contributed by atoms with E-state index in [1.165, 1.54) is 6.33 Å². The second kappa shape index (κ2) is 9.58. The highest BCUT2D eigenvalue weighted by atomic mass is 32.2. The minimum atomic E-state index is -4.36. The minimum Gasteiger partial charge on any atom is -0.466 e. The van der Waals surface area contributed by atoms with Gasteiger partial charge in [-0.25, -0.2) is 22.2 Å². The summed E-state index contributed by atoms with van der Waals surface area (Å²) in [6, 6.07) is 2.96. The van der Waals surface area contributed by atoms with E-state index in [1.54, 1.807) is 18.4 Å². The van der Waals surface area contributed by atoms with Crippen molar-refractivity contribution < 1.29 is 26.7 Å². The summed E-state index contributed by atoms with van der Waals surface area (Å²) >= 11 is 0. The molecule has 0 spiro atoms. The summed E-state index contributed by atoms with van der Waals surface area (Å²) in [5.74, 6) is -1.57. The third-order valence-electron chi connectivity index (χ3n) is 5.64. The van der Waals surface area contributed by atoms with Gasteiger partial charge < -0.3 is 9.64 Å². The lowest BCUT2D eigenvalue weighted by atomic mass is 10.1. The van der Waals surface area contributed by atoms with Gasteiger partial charge in [0.1, 0.15) is 23.8 Å². The highest BCUT2D eigenvalue weighted by Crippen LogP contribution is 2.28. The first-order valence-electron chi connectivity index (χ1n) is 10.8. The lowest BCUT2D eigenvalue weighted by molar-refractivity contribution is -0.143. The van der Waals surface area contributed by atoms with Crippen LogP contribution in [-0.2, 0) is 26.0 Å². The van der Waals surface area contributed by atoms with Gasteiger partial charge in [0.2, 0.25) is 10.0 Å². The molecule has 34 heavy (non-hydrogen) atoms. The molecule has 4 rings (SSSR count). The summed E-state index contributed by atoms with van der Waals surface area (Å²) in [6.45, 7) is 4.30. The number of piperazine rings is 1. The quantitative estimate of drug-likeness (QED) is 0.457. The van der Waals surface area contributed by atoms with Gasteiger partial charge in [0.15, 0.2) is 4.90 Å². The fraction of sp³-hybridized carbons (Fsp3) is 0.429. The lowest BCUT2D eigenvalue weighted by Gasteiger charge is -2.36. The molecular weight excluding hydrogens is 470 g/mol. The third-order valence-corrected chi connectivity index (χ3v) is 7.60. The predicted octanol–water partition coefficient (Wildman–Crippen LogP) is 1.72. The minimum absolute atomic E-state index is 0.00495. The van der Waals surface area contributed by atoms with Crippen LogP contribution in [0.5, 0.6) is 0 Å². The van der Waals surface area contributed by atoms with Crippen LogP contribution in [0.25, 0.3) is 5.78 Å². The van der Waals surface area contributed by atoms with Crippen molar-refractivity contribution in [3.63, 3.8) is 0 Å². The van der Waals surface area contributed by atoms with Crippen LogP contribution in [-0.4, -0.2) is 71.1 Å². The number of aromatic nitrogens is 4. The highest BCUT2D eigenvalue weighted by molar-refractivity contribution is 7.89. The van der Waals surface area contributed by atoms with E-state index in [-0.39, 0.29) is 45.2 Å². The number of halogens is 2. The van der Waals surface area contributed by atoms with E-state index in [0.717, 1.165) is 28.1 Å². The summed E-state index contributed by atoms with van der Waals surface area (Å²) in [6.07, 6.45) is 1.86. The molecule has 3 aromatic rings. The summed E-state index contributed by atoms with van der Waals surface area (Å²) in [4.78, 5) is 21.5. The first-order chi connectivity index (χ1) is 16.2. The van der Waals surface area contributed by atoms with Gasteiger partial charge in [-0.2, -0.15) is 18.9 Å². The second-order valence-corrected chi connectivity index (χ2v) is 9.59. The van der Waals surface area contributed by atoms with Crippen molar-refractivity contribution in [2.45, 2.75) is 31.6 Å². The number of ether oxygens (including phenoxy) is 1. The van der Waals surface area contributed by atoms with Crippen LogP contribution >= 0.6 is 0 Å². The molecule has 1 saturated heterocycles. The van der Waals surface area contributed by atoms with Crippen LogP contribution in [0.4, 0.5) is 14.6 Å². The van der Waals surface area contributed by atoms with Crippen LogP contribution in [0.1, 0.15) is 24.6 Å². The van der Waals surface area contributed by atoms with E-state index in [1.807, 2.05) is 4.90 Å². The number of hydrogen-bond acceptors (Lipinski definition) is 8. The Morgan fingerprint density at radius 3 is 2.47 bits per heavy atom. The summed E-state index contributed by atoms with van der Waals surface area (Å²) < 4.78 is 61.9. The van der Waals surface area contributed by atoms with E-state index in [9.17, 15) is 22.0 Å². The van der Waals surface area contributed by atoms with Crippen molar-refractivity contribution >= 4 is 27.6 Å². The van der Waals surface area contributed by atoms with Crippen LogP contribution in [0.15, 0.2) is 29.4 Å². The molecule has 10 nitrogen and oxygen atoms in total. The van der Waals surface area contributed by atoms with E-state index in [2.05, 4.69) is 15.1 Å². The molecule has 0 N–H and O–H groups in total. The Hall–Kier alpha value is -3.19. The number of sulfonamides is 1. The molecule has 0 atom stereocenters. The largest absolute Gasteiger partial charge is 0.466 e. The molecule has 0 saturated carbocycles. The Morgan fingerprint density at radius 2 is 1.82 bits per heavy atom. The molecule has 3 heterocycles. The van der Waals surface area contributed by atoms with Gasteiger partial charge in [-0.05, 0) is 32.4 Å². The Labute approximate surface area is 195 Å². The zero-order valence-electron chi connectivity index (χ0n) is 18.7. The van der Waals surface area contributed by atoms with E-state index >= 15 is 0 Å². The third kappa shape index (κ3) is 4.44. The van der Waals surface area contributed by atoms with Crippen molar-refractivity contribution in [2.75, 3.05) is 37.7 Å². The van der Waals surface area contributed by atoms with Gasteiger partial charge in [-0.1, -0.05) is 6.07 Å². The SMILES string of the molecule is CCOC(=O)CCc1c(C)nc2ncnn2c1N1CCN(S(=O)(=O)c2c(F)cccc2F)CC1. The number of benzene rings is 1. The van der Waals surface area contributed by atoms with Crippen molar-refractivity contribution in [3.8, 4) is 0 Å². The van der Waals surface area contributed by atoms with E-state index in [0.29, 0.717) is 23.7 Å². The van der Waals surface area contributed by atoms with E-state index < -0.39 is 26.6 Å². The van der Waals surface area contributed by atoms with Crippen LogP contribution < -0.4 is 4.90 Å². The Bertz CT molecular complexity index is 1300. The Kier molecular flexibility index (Phi) is 6.75. The van der Waals surface area contributed by atoms with Gasteiger partial charge >= 0.3 is 5.97 Å². The zero-order chi connectivity index (χ0) is 24.5. The van der Waals surface area contributed by atoms with Gasteiger partial charge in [0.05, 0.1) is 6.61 Å². The second-order valence-electron chi connectivity index (χ2n) is 7.72. The number of carbonyl (C=O) groups is 1. The number of aryl methyl sites for hydroxylation is 1. The molecule has 1 fully saturated rings. The molecule has 1 aliphatic heterocycles. The van der Waals surface area contributed by atoms with Gasteiger partial charge in [-0.15, -0.1) is 0 Å². The molecule has 0 bridgehead atoms. The van der Waals surface area contributed by atoms with Crippen LogP contribution in [0.3, 0.4) is 0 Å². The van der Waals surface area contributed by atoms with Crippen LogP contribution in [0, 0.1) is 18.6 Å². The van der Waals surface area contributed by atoms with Gasteiger partial charge in [-0.3, -0.25) is 4.79 Å². The molecule has 2 aromatic heterocycles. The molecular formula is C21H24F2N6O4S. The molecule has 182 valence electrons. The monoisotopic (exact) mass is 494 g/mol. The van der Waals surface area contributed by atoms with Crippen molar-refractivity contribution in [1.82, 2.24) is 23.9 Å². The summed E-state index contributed by atoms with van der Waals surface area (Å²) in [7, 11) is -4.36. The van der Waals surface area contributed by atoms with Crippen LogP contribution in [0.2, 0.25) is 0 Å². The zero-order valence-corrected chi connectivity index (χ0v) is 19.6. The summed E-state index contributed by atoms with van der Waals surface area (Å²) in [5.41, 5.74) is 1.44.